The maximum Gasteiger partial charge on any atom is 0.189 e. The van der Waals surface area contributed by atoms with Crippen molar-refractivity contribution in [2.45, 2.75) is 13.5 Å². The molecule has 16 heavy (non-hydrogen) atoms. The van der Waals surface area contributed by atoms with E-state index in [2.05, 4.69) is 11.5 Å². The summed E-state index contributed by atoms with van der Waals surface area (Å²) in [6.45, 7) is 3.12. The van der Waals surface area contributed by atoms with Crippen molar-refractivity contribution in [1.29, 1.82) is 0 Å². The molecule has 0 saturated carbocycles. The number of hydrogen-bond donors (Lipinski definition) is 0. The van der Waals surface area contributed by atoms with Crippen LogP contribution in [0.2, 0.25) is 0 Å². The minimum Gasteiger partial charge on any atom is -0.346 e. The Hall–Kier alpha value is -1.22. The highest BCUT2D eigenvalue weighted by Crippen LogP contribution is 2.10. The monoisotopic (exact) mass is 233 g/mol. The van der Waals surface area contributed by atoms with Crippen molar-refractivity contribution >= 4 is 22.7 Å². The fourth-order valence-corrected chi connectivity index (χ4v) is 2.38. The fraction of sp³-hybridized carbons (Fsp3) is 0.308. The maximum absolute atomic E-state index is 11.6. The molecule has 84 valence electrons. The van der Waals surface area contributed by atoms with E-state index in [4.69, 9.17) is 0 Å². The van der Waals surface area contributed by atoms with Gasteiger partial charge in [0.25, 0.3) is 0 Å². The van der Waals surface area contributed by atoms with Gasteiger partial charge in [0, 0.05) is 29.9 Å². The van der Waals surface area contributed by atoms with Crippen molar-refractivity contribution in [1.82, 2.24) is 4.57 Å². The van der Waals surface area contributed by atoms with Crippen LogP contribution < -0.4 is 5.43 Å². The number of hydrogen-bond acceptors (Lipinski definition) is 2. The van der Waals surface area contributed by atoms with Gasteiger partial charge in [-0.25, -0.2) is 0 Å². The summed E-state index contributed by atoms with van der Waals surface area (Å²) in [6.07, 6.45) is 1.89. The van der Waals surface area contributed by atoms with Gasteiger partial charge in [-0.15, -0.1) is 0 Å². The molecule has 0 aliphatic heterocycles. The van der Waals surface area contributed by atoms with Gasteiger partial charge < -0.3 is 4.57 Å². The van der Waals surface area contributed by atoms with Gasteiger partial charge in [0.1, 0.15) is 0 Å². The first-order valence-corrected chi connectivity index (χ1v) is 6.64. The van der Waals surface area contributed by atoms with E-state index in [9.17, 15) is 4.79 Å². The van der Waals surface area contributed by atoms with E-state index >= 15 is 0 Å². The highest BCUT2D eigenvalue weighted by Gasteiger charge is 2.00. The van der Waals surface area contributed by atoms with Gasteiger partial charge in [0.15, 0.2) is 5.43 Å². The second kappa shape index (κ2) is 5.21. The molecule has 2 nitrogen and oxygen atoms in total. The summed E-state index contributed by atoms with van der Waals surface area (Å²) in [5.74, 6) is 2.22. The van der Waals surface area contributed by atoms with Crippen molar-refractivity contribution in [3.8, 4) is 0 Å². The van der Waals surface area contributed by atoms with E-state index < -0.39 is 0 Å². The number of aromatic nitrogens is 1. The number of pyridine rings is 1. The normalized spacial score (nSPS) is 10.8. The van der Waals surface area contributed by atoms with Crippen LogP contribution in [-0.4, -0.2) is 16.1 Å². The molecule has 1 heterocycles. The first-order chi connectivity index (χ1) is 7.83. The van der Waals surface area contributed by atoms with E-state index in [1.165, 1.54) is 0 Å². The van der Waals surface area contributed by atoms with Gasteiger partial charge in [0.05, 0.1) is 5.52 Å². The molecule has 0 atom stereocenters. The molecule has 1 aromatic carbocycles. The average Bonchev–Trinajstić information content (AvgIpc) is 2.33. The molecule has 0 amide bonds. The van der Waals surface area contributed by atoms with Crippen molar-refractivity contribution in [3.63, 3.8) is 0 Å². The lowest BCUT2D eigenvalue weighted by molar-refractivity contribution is 0.797. The standard InChI is InChI=1S/C13H15NOS/c1-2-16-10-9-14-8-7-13(15)11-5-3-4-6-12(11)14/h3-8H,2,9-10H2,1H3. The Balaban J connectivity index is 2.38. The molecule has 1 aromatic heterocycles. The smallest absolute Gasteiger partial charge is 0.189 e. The summed E-state index contributed by atoms with van der Waals surface area (Å²) in [5, 5.41) is 0.812. The Morgan fingerprint density at radius 2 is 2.06 bits per heavy atom. The van der Waals surface area contributed by atoms with Gasteiger partial charge in [-0.3, -0.25) is 4.79 Å². The number of thioether (sulfide) groups is 1. The summed E-state index contributed by atoms with van der Waals surface area (Å²) in [5.41, 5.74) is 1.14. The fourth-order valence-electron chi connectivity index (χ4n) is 1.76. The van der Waals surface area contributed by atoms with Crippen molar-refractivity contribution in [2.24, 2.45) is 0 Å². The van der Waals surface area contributed by atoms with Crippen LogP contribution in [0, 0.1) is 0 Å². The third kappa shape index (κ3) is 2.30. The van der Waals surface area contributed by atoms with Gasteiger partial charge in [-0.05, 0) is 17.9 Å². The summed E-state index contributed by atoms with van der Waals surface area (Å²) >= 11 is 1.92. The summed E-state index contributed by atoms with van der Waals surface area (Å²) in [4.78, 5) is 11.6. The molecular formula is C13H15NOS. The summed E-state index contributed by atoms with van der Waals surface area (Å²) < 4.78 is 2.15. The number of fused-ring (bicyclic) bond motifs is 1. The number of nitrogens with zero attached hydrogens (tertiary/aromatic N) is 1. The Morgan fingerprint density at radius 1 is 1.25 bits per heavy atom. The largest absolute Gasteiger partial charge is 0.346 e. The van der Waals surface area contributed by atoms with Crippen molar-refractivity contribution in [3.05, 3.63) is 46.8 Å². The zero-order valence-corrected chi connectivity index (χ0v) is 10.2. The molecule has 3 heteroatoms. The zero-order chi connectivity index (χ0) is 11.4. The Bertz CT molecular complexity index is 533. The third-order valence-corrected chi connectivity index (χ3v) is 3.44. The van der Waals surface area contributed by atoms with E-state index in [1.807, 2.05) is 42.2 Å². The quantitative estimate of drug-likeness (QED) is 0.757. The average molecular weight is 233 g/mol. The van der Waals surface area contributed by atoms with Gasteiger partial charge in [0.2, 0.25) is 0 Å². The molecule has 0 bridgehead atoms. The van der Waals surface area contributed by atoms with Crippen molar-refractivity contribution in [2.75, 3.05) is 11.5 Å². The molecule has 0 aliphatic carbocycles. The molecular weight excluding hydrogens is 218 g/mol. The first-order valence-electron chi connectivity index (χ1n) is 5.49. The van der Waals surface area contributed by atoms with Gasteiger partial charge in [-0.1, -0.05) is 19.1 Å². The molecule has 0 aliphatic rings. The number of rotatable bonds is 4. The maximum atomic E-state index is 11.6. The van der Waals surface area contributed by atoms with Crippen LogP contribution in [0.15, 0.2) is 41.3 Å². The Labute approximate surface area is 99.3 Å². The Morgan fingerprint density at radius 3 is 2.88 bits per heavy atom. The molecule has 0 radical (unpaired) electrons. The van der Waals surface area contributed by atoms with Gasteiger partial charge in [-0.2, -0.15) is 11.8 Å². The highest BCUT2D eigenvalue weighted by atomic mass is 32.2. The molecule has 0 N–H and O–H groups in total. The Kier molecular flexibility index (Phi) is 3.67. The van der Waals surface area contributed by atoms with Crippen LogP contribution >= 0.6 is 11.8 Å². The van der Waals surface area contributed by atoms with Gasteiger partial charge >= 0.3 is 0 Å². The third-order valence-electron chi connectivity index (χ3n) is 2.57. The summed E-state index contributed by atoms with van der Waals surface area (Å²) in [6, 6.07) is 9.44. The van der Waals surface area contributed by atoms with Crippen LogP contribution in [0.5, 0.6) is 0 Å². The molecule has 0 fully saturated rings. The topological polar surface area (TPSA) is 22.0 Å². The predicted octanol–water partition coefficient (Wildman–Crippen LogP) is 2.75. The van der Waals surface area contributed by atoms with E-state index in [-0.39, 0.29) is 5.43 Å². The van der Waals surface area contributed by atoms with Crippen LogP contribution in [0.1, 0.15) is 6.92 Å². The van der Waals surface area contributed by atoms with E-state index in [0.29, 0.717) is 0 Å². The van der Waals surface area contributed by atoms with E-state index in [1.54, 1.807) is 6.07 Å². The molecule has 0 spiro atoms. The minimum absolute atomic E-state index is 0.106. The second-order valence-electron chi connectivity index (χ2n) is 3.59. The van der Waals surface area contributed by atoms with Crippen LogP contribution in [0.25, 0.3) is 10.9 Å². The lowest BCUT2D eigenvalue weighted by atomic mass is 10.2. The lowest BCUT2D eigenvalue weighted by Gasteiger charge is -2.09. The molecule has 0 saturated heterocycles. The lowest BCUT2D eigenvalue weighted by Crippen LogP contribution is -2.09. The SMILES string of the molecule is CCSCCn1ccc(=O)c2ccccc21. The number of aryl methyl sites for hydroxylation is 1. The number of benzene rings is 1. The predicted molar refractivity (Wildman–Crippen MR) is 71.2 cm³/mol. The highest BCUT2D eigenvalue weighted by molar-refractivity contribution is 7.99. The number of para-hydroxylation sites is 1. The first kappa shape index (κ1) is 11.3. The molecule has 2 aromatic rings. The van der Waals surface area contributed by atoms with Crippen LogP contribution in [-0.2, 0) is 6.54 Å². The van der Waals surface area contributed by atoms with E-state index in [0.717, 1.165) is 29.0 Å². The molecule has 2 rings (SSSR count). The second-order valence-corrected chi connectivity index (χ2v) is 4.98. The zero-order valence-electron chi connectivity index (χ0n) is 9.35. The minimum atomic E-state index is 0.106. The summed E-state index contributed by atoms with van der Waals surface area (Å²) in [7, 11) is 0. The van der Waals surface area contributed by atoms with Crippen LogP contribution in [0.3, 0.4) is 0 Å². The van der Waals surface area contributed by atoms with Crippen LogP contribution in [0.4, 0.5) is 0 Å². The molecule has 0 unspecified atom stereocenters. The van der Waals surface area contributed by atoms with Crippen molar-refractivity contribution < 1.29 is 0 Å².